The Kier molecular flexibility index (Phi) is 7.53. The molecule has 1 atom stereocenters. The summed E-state index contributed by atoms with van der Waals surface area (Å²) in [7, 11) is 0. The number of nitrogens with one attached hydrogen (secondary N) is 2. The predicted molar refractivity (Wildman–Crippen MR) is 113 cm³/mol. The quantitative estimate of drug-likeness (QED) is 0.700. The van der Waals surface area contributed by atoms with Crippen molar-refractivity contribution in [2.45, 2.75) is 71.0 Å². The van der Waals surface area contributed by atoms with Crippen LogP contribution in [0.15, 0.2) is 24.3 Å². The Morgan fingerprint density at radius 3 is 2.34 bits per heavy atom. The first-order valence-electron chi connectivity index (χ1n) is 11.1. The highest BCUT2D eigenvalue weighted by Gasteiger charge is 2.35. The van der Waals surface area contributed by atoms with Crippen molar-refractivity contribution in [1.82, 2.24) is 10.2 Å². The molecule has 0 aromatic heterocycles. The van der Waals surface area contributed by atoms with E-state index in [0.29, 0.717) is 38.2 Å². The molecule has 0 bridgehead atoms. The second-order valence-corrected chi connectivity index (χ2v) is 8.71. The number of likely N-dealkylation sites (tertiary alicyclic amines) is 1. The van der Waals surface area contributed by atoms with E-state index in [1.807, 2.05) is 6.92 Å². The molecule has 1 saturated heterocycles. The molecule has 6 nitrogen and oxygen atoms in total. The number of hydrogen-bond acceptors (Lipinski definition) is 3. The molecule has 1 aliphatic heterocycles. The van der Waals surface area contributed by atoms with Gasteiger partial charge in [-0.15, -0.1) is 0 Å². The lowest BCUT2D eigenvalue weighted by molar-refractivity contribution is -0.917. The summed E-state index contributed by atoms with van der Waals surface area (Å²) >= 11 is 0. The summed E-state index contributed by atoms with van der Waals surface area (Å²) < 4.78 is 5.06. The third-order valence-electron chi connectivity index (χ3n) is 6.01. The summed E-state index contributed by atoms with van der Waals surface area (Å²) in [6.45, 7) is 9.34. The van der Waals surface area contributed by atoms with Gasteiger partial charge in [-0.1, -0.05) is 38.1 Å². The van der Waals surface area contributed by atoms with Gasteiger partial charge < -0.3 is 19.9 Å². The Balaban J connectivity index is 1.46. The number of quaternary nitrogens is 1. The molecule has 2 amide bonds. The van der Waals surface area contributed by atoms with Crippen molar-refractivity contribution in [2.24, 2.45) is 0 Å². The molecular weight excluding hydrogens is 366 g/mol. The third kappa shape index (κ3) is 6.46. The van der Waals surface area contributed by atoms with Crippen molar-refractivity contribution in [1.29, 1.82) is 0 Å². The standard InChI is InChI=1S/C23H35N3O3/c1-4-29-23(28)25-13-11-20(12-14-25)24-22(27)16-26(21-9-10-21)15-18-5-7-19(8-6-18)17(2)3/h5-8,17,20-21H,4,9-16H2,1-3H3,(H,24,27)/p+1. The average molecular weight is 403 g/mol. The highest BCUT2D eigenvalue weighted by molar-refractivity contribution is 5.77. The van der Waals surface area contributed by atoms with Crippen LogP contribution in [0.4, 0.5) is 4.79 Å². The predicted octanol–water partition coefficient (Wildman–Crippen LogP) is 2.09. The Labute approximate surface area is 174 Å². The van der Waals surface area contributed by atoms with E-state index < -0.39 is 0 Å². The fourth-order valence-corrected chi connectivity index (χ4v) is 4.03. The fourth-order valence-electron chi connectivity index (χ4n) is 4.03. The Morgan fingerprint density at radius 1 is 1.14 bits per heavy atom. The monoisotopic (exact) mass is 402 g/mol. The van der Waals surface area contributed by atoms with Gasteiger partial charge in [0.05, 0.1) is 12.6 Å². The number of carbonyl (C=O) groups is 2. The van der Waals surface area contributed by atoms with Gasteiger partial charge in [-0.25, -0.2) is 4.79 Å². The summed E-state index contributed by atoms with van der Waals surface area (Å²) in [5.41, 5.74) is 2.65. The Bertz CT molecular complexity index is 677. The van der Waals surface area contributed by atoms with Crippen molar-refractivity contribution >= 4 is 12.0 Å². The smallest absolute Gasteiger partial charge is 0.409 e. The highest BCUT2D eigenvalue weighted by atomic mass is 16.6. The molecule has 160 valence electrons. The van der Waals surface area contributed by atoms with Gasteiger partial charge in [-0.05, 0) is 31.2 Å². The zero-order valence-electron chi connectivity index (χ0n) is 18.1. The summed E-state index contributed by atoms with van der Waals surface area (Å²) in [4.78, 5) is 27.6. The fraction of sp³-hybridized carbons (Fsp3) is 0.652. The van der Waals surface area contributed by atoms with E-state index in [1.165, 1.54) is 28.9 Å². The van der Waals surface area contributed by atoms with E-state index in [2.05, 4.69) is 43.4 Å². The average Bonchev–Trinajstić information content (AvgIpc) is 3.54. The molecule has 1 aliphatic carbocycles. The molecule has 1 unspecified atom stereocenters. The lowest BCUT2D eigenvalue weighted by atomic mass is 10.0. The van der Waals surface area contributed by atoms with Gasteiger partial charge in [0.15, 0.2) is 6.54 Å². The molecular formula is C23H36N3O3+. The van der Waals surface area contributed by atoms with Crippen LogP contribution >= 0.6 is 0 Å². The number of hydrogen-bond donors (Lipinski definition) is 2. The summed E-state index contributed by atoms with van der Waals surface area (Å²) in [5.74, 6) is 0.664. The maximum absolute atomic E-state index is 12.7. The van der Waals surface area contributed by atoms with Crippen molar-refractivity contribution < 1.29 is 19.2 Å². The van der Waals surface area contributed by atoms with Crippen LogP contribution in [0.2, 0.25) is 0 Å². The topological polar surface area (TPSA) is 63.1 Å². The van der Waals surface area contributed by atoms with Crippen LogP contribution in [-0.2, 0) is 16.1 Å². The van der Waals surface area contributed by atoms with Crippen LogP contribution < -0.4 is 10.2 Å². The zero-order chi connectivity index (χ0) is 20.8. The molecule has 1 aromatic rings. The van der Waals surface area contributed by atoms with E-state index in [4.69, 9.17) is 4.74 Å². The Hall–Kier alpha value is -2.08. The molecule has 0 spiro atoms. The first kappa shape index (κ1) is 21.6. The molecule has 1 aromatic carbocycles. The molecule has 0 radical (unpaired) electrons. The van der Waals surface area contributed by atoms with Crippen molar-refractivity contribution in [2.75, 3.05) is 26.2 Å². The molecule has 2 fully saturated rings. The number of amides is 2. The molecule has 2 N–H and O–H groups in total. The van der Waals surface area contributed by atoms with Crippen molar-refractivity contribution in [3.63, 3.8) is 0 Å². The first-order valence-corrected chi connectivity index (χ1v) is 11.1. The number of carbonyl (C=O) groups excluding carboxylic acids is 2. The SMILES string of the molecule is CCOC(=O)N1CCC(NC(=O)C[NH+](Cc2ccc(C(C)C)cc2)C2CC2)CC1. The minimum absolute atomic E-state index is 0.125. The van der Waals surface area contributed by atoms with Crippen LogP contribution in [0.3, 0.4) is 0 Å². The van der Waals surface area contributed by atoms with Crippen LogP contribution in [0, 0.1) is 0 Å². The van der Waals surface area contributed by atoms with Crippen LogP contribution in [0.25, 0.3) is 0 Å². The Morgan fingerprint density at radius 2 is 1.79 bits per heavy atom. The lowest BCUT2D eigenvalue weighted by Gasteiger charge is -2.31. The minimum Gasteiger partial charge on any atom is -0.450 e. The van der Waals surface area contributed by atoms with Gasteiger partial charge in [-0.3, -0.25) is 4.79 Å². The molecule has 2 aliphatic rings. The largest absolute Gasteiger partial charge is 0.450 e. The summed E-state index contributed by atoms with van der Waals surface area (Å²) in [5, 5.41) is 3.19. The third-order valence-corrected chi connectivity index (χ3v) is 6.01. The van der Waals surface area contributed by atoms with Gasteiger partial charge in [0.25, 0.3) is 5.91 Å². The van der Waals surface area contributed by atoms with Crippen molar-refractivity contribution in [3.05, 3.63) is 35.4 Å². The molecule has 1 saturated carbocycles. The number of ether oxygens (including phenoxy) is 1. The minimum atomic E-state index is -0.245. The second kappa shape index (κ2) is 10.1. The molecule has 1 heterocycles. The summed E-state index contributed by atoms with van der Waals surface area (Å²) in [6, 6.07) is 9.60. The van der Waals surface area contributed by atoms with E-state index in [0.717, 1.165) is 19.4 Å². The van der Waals surface area contributed by atoms with Gasteiger partial charge in [0, 0.05) is 37.5 Å². The van der Waals surface area contributed by atoms with E-state index in [-0.39, 0.29) is 18.0 Å². The molecule has 3 rings (SSSR count). The van der Waals surface area contributed by atoms with Crippen LogP contribution in [0.5, 0.6) is 0 Å². The normalized spacial score (nSPS) is 18.6. The highest BCUT2D eigenvalue weighted by Crippen LogP contribution is 2.17. The van der Waals surface area contributed by atoms with Crippen molar-refractivity contribution in [3.8, 4) is 0 Å². The zero-order valence-corrected chi connectivity index (χ0v) is 18.1. The summed E-state index contributed by atoms with van der Waals surface area (Å²) in [6.07, 6.45) is 3.76. The lowest BCUT2D eigenvalue weighted by Crippen LogP contribution is -3.13. The number of piperidine rings is 1. The number of nitrogens with zero attached hydrogens (tertiary/aromatic N) is 1. The van der Waals surface area contributed by atoms with E-state index in [1.54, 1.807) is 4.90 Å². The van der Waals surface area contributed by atoms with E-state index in [9.17, 15) is 9.59 Å². The van der Waals surface area contributed by atoms with Gasteiger partial charge >= 0.3 is 6.09 Å². The second-order valence-electron chi connectivity index (χ2n) is 8.71. The number of rotatable bonds is 8. The molecule has 6 heteroatoms. The maximum atomic E-state index is 12.7. The number of benzene rings is 1. The van der Waals surface area contributed by atoms with Crippen LogP contribution in [0.1, 0.15) is 63.5 Å². The van der Waals surface area contributed by atoms with Crippen LogP contribution in [-0.4, -0.2) is 55.2 Å². The maximum Gasteiger partial charge on any atom is 0.409 e. The van der Waals surface area contributed by atoms with Gasteiger partial charge in [0.2, 0.25) is 0 Å². The van der Waals surface area contributed by atoms with Gasteiger partial charge in [0.1, 0.15) is 6.54 Å². The first-order chi connectivity index (χ1) is 14.0. The van der Waals surface area contributed by atoms with Gasteiger partial charge in [-0.2, -0.15) is 0 Å². The molecule has 29 heavy (non-hydrogen) atoms. The van der Waals surface area contributed by atoms with E-state index >= 15 is 0 Å².